The quantitative estimate of drug-likeness (QED) is 0.796. The molecule has 150 valence electrons. The number of amides is 1. The van der Waals surface area contributed by atoms with E-state index < -0.39 is 0 Å². The summed E-state index contributed by atoms with van der Waals surface area (Å²) in [4.78, 5) is 18.7. The molecule has 6 heteroatoms. The Labute approximate surface area is 166 Å². The van der Waals surface area contributed by atoms with Crippen molar-refractivity contribution in [3.63, 3.8) is 0 Å². The fourth-order valence-corrected chi connectivity index (χ4v) is 3.61. The summed E-state index contributed by atoms with van der Waals surface area (Å²) < 4.78 is 14.0. The van der Waals surface area contributed by atoms with E-state index in [-0.39, 0.29) is 17.5 Å². The van der Waals surface area contributed by atoms with Crippen LogP contribution in [0.5, 0.6) is 5.75 Å². The highest BCUT2D eigenvalue weighted by atomic mass is 19.1. The molecule has 2 aromatic rings. The molecule has 0 aromatic heterocycles. The van der Waals surface area contributed by atoms with E-state index >= 15 is 0 Å². The van der Waals surface area contributed by atoms with Crippen molar-refractivity contribution in [3.05, 3.63) is 59.9 Å². The number of phenolic OH excluding ortho intramolecular Hbond substituents is 1. The zero-order valence-corrected chi connectivity index (χ0v) is 16.4. The van der Waals surface area contributed by atoms with Gasteiger partial charge < -0.3 is 14.9 Å². The van der Waals surface area contributed by atoms with E-state index in [0.717, 1.165) is 18.5 Å². The van der Waals surface area contributed by atoms with Crippen LogP contribution in [0, 0.1) is 5.82 Å². The van der Waals surface area contributed by atoms with Gasteiger partial charge in [0.05, 0.1) is 12.2 Å². The van der Waals surface area contributed by atoms with Crippen molar-refractivity contribution in [2.75, 3.05) is 44.2 Å². The molecule has 1 aliphatic rings. The van der Waals surface area contributed by atoms with Gasteiger partial charge in [0.15, 0.2) is 0 Å². The van der Waals surface area contributed by atoms with Crippen LogP contribution in [0.1, 0.15) is 18.9 Å². The number of hydrogen-bond acceptors (Lipinski definition) is 4. The highest BCUT2D eigenvalue weighted by molar-refractivity contribution is 5.78. The highest BCUT2D eigenvalue weighted by Crippen LogP contribution is 2.21. The minimum Gasteiger partial charge on any atom is -0.508 e. The Hall–Kier alpha value is -2.60. The number of nitrogens with zero attached hydrogens (tertiary/aromatic N) is 3. The van der Waals surface area contributed by atoms with Gasteiger partial charge in [-0.2, -0.15) is 0 Å². The number of benzene rings is 2. The molecule has 0 aliphatic carbocycles. The van der Waals surface area contributed by atoms with Gasteiger partial charge in [0, 0.05) is 38.3 Å². The van der Waals surface area contributed by atoms with Crippen LogP contribution in [0.4, 0.5) is 10.1 Å². The number of rotatable bonds is 7. The molecule has 5 nitrogen and oxygen atoms in total. The average Bonchev–Trinajstić information content (AvgIpc) is 2.70. The monoisotopic (exact) mass is 385 g/mol. The van der Waals surface area contributed by atoms with Crippen molar-refractivity contribution in [1.29, 1.82) is 0 Å². The average molecular weight is 385 g/mol. The molecule has 0 radical (unpaired) electrons. The molecule has 1 heterocycles. The van der Waals surface area contributed by atoms with Crippen LogP contribution in [0.25, 0.3) is 0 Å². The predicted molar refractivity (Wildman–Crippen MR) is 109 cm³/mol. The first-order valence-electron chi connectivity index (χ1n) is 9.85. The molecule has 3 rings (SSSR count). The van der Waals surface area contributed by atoms with E-state index in [4.69, 9.17) is 0 Å². The van der Waals surface area contributed by atoms with Gasteiger partial charge in [0.1, 0.15) is 11.6 Å². The Bertz CT molecular complexity index is 791. The van der Waals surface area contributed by atoms with Crippen LogP contribution in [0.2, 0.25) is 0 Å². The number of hydrogen-bond donors (Lipinski definition) is 1. The molecule has 1 aliphatic heterocycles. The lowest BCUT2D eigenvalue weighted by atomic mass is 10.2. The van der Waals surface area contributed by atoms with E-state index in [2.05, 4.69) is 11.8 Å². The second-order valence-corrected chi connectivity index (χ2v) is 7.16. The normalized spacial score (nSPS) is 14.5. The van der Waals surface area contributed by atoms with E-state index in [1.165, 1.54) is 6.07 Å². The van der Waals surface area contributed by atoms with Crippen LogP contribution in [0.15, 0.2) is 48.5 Å². The van der Waals surface area contributed by atoms with Crippen LogP contribution >= 0.6 is 0 Å². The number of para-hydroxylation sites is 2. The minimum absolute atomic E-state index is 0.0806. The molecular formula is C22H28FN3O2. The van der Waals surface area contributed by atoms with Gasteiger partial charge in [-0.05, 0) is 31.2 Å². The van der Waals surface area contributed by atoms with E-state index in [0.29, 0.717) is 45.0 Å². The van der Waals surface area contributed by atoms with Crippen LogP contribution in [0.3, 0.4) is 0 Å². The van der Waals surface area contributed by atoms with E-state index in [1.54, 1.807) is 24.3 Å². The predicted octanol–water partition coefficient (Wildman–Crippen LogP) is 3.09. The largest absolute Gasteiger partial charge is 0.508 e. The summed E-state index contributed by atoms with van der Waals surface area (Å²) in [7, 11) is 0. The molecule has 0 atom stereocenters. The molecule has 1 saturated heterocycles. The van der Waals surface area contributed by atoms with E-state index in [9.17, 15) is 14.3 Å². The SMILES string of the molecule is CCCN(CC(=O)N1CCN(c2ccccc2F)CC1)Cc1ccccc1O. The maximum atomic E-state index is 14.0. The molecule has 1 amide bonds. The molecule has 0 unspecified atom stereocenters. The van der Waals surface area contributed by atoms with Gasteiger partial charge in [0.25, 0.3) is 0 Å². The summed E-state index contributed by atoms with van der Waals surface area (Å²) in [5.41, 5.74) is 1.43. The Kier molecular flexibility index (Phi) is 6.87. The Morgan fingerprint density at radius 1 is 1.07 bits per heavy atom. The Balaban J connectivity index is 1.56. The second kappa shape index (κ2) is 9.55. The van der Waals surface area contributed by atoms with Crippen molar-refractivity contribution in [2.45, 2.75) is 19.9 Å². The summed E-state index contributed by atoms with van der Waals surface area (Å²) in [6.07, 6.45) is 0.932. The maximum absolute atomic E-state index is 14.0. The van der Waals surface area contributed by atoms with Gasteiger partial charge in [-0.1, -0.05) is 37.3 Å². The molecule has 1 fully saturated rings. The number of carbonyl (C=O) groups excluding carboxylic acids is 1. The molecule has 2 aromatic carbocycles. The zero-order valence-electron chi connectivity index (χ0n) is 16.4. The third kappa shape index (κ3) is 5.01. The van der Waals surface area contributed by atoms with Gasteiger partial charge in [-0.3, -0.25) is 9.69 Å². The van der Waals surface area contributed by atoms with Gasteiger partial charge >= 0.3 is 0 Å². The van der Waals surface area contributed by atoms with Gasteiger partial charge in [0.2, 0.25) is 5.91 Å². The van der Waals surface area contributed by atoms with Crippen LogP contribution < -0.4 is 4.90 Å². The topological polar surface area (TPSA) is 47.0 Å². The summed E-state index contributed by atoms with van der Waals surface area (Å²) in [6, 6.07) is 14.0. The van der Waals surface area contributed by atoms with Crippen LogP contribution in [-0.4, -0.2) is 60.1 Å². The minimum atomic E-state index is -0.223. The first-order chi connectivity index (χ1) is 13.6. The lowest BCUT2D eigenvalue weighted by Crippen LogP contribution is -2.51. The molecule has 1 N–H and O–H groups in total. The fraction of sp³-hybridized carbons (Fsp3) is 0.409. The van der Waals surface area contributed by atoms with Gasteiger partial charge in [-0.15, -0.1) is 0 Å². The summed E-state index contributed by atoms with van der Waals surface area (Å²) in [5, 5.41) is 10.0. The van der Waals surface area contributed by atoms with Crippen molar-refractivity contribution >= 4 is 11.6 Å². The van der Waals surface area contributed by atoms with Crippen LogP contribution in [-0.2, 0) is 11.3 Å². The van der Waals surface area contributed by atoms with Crippen molar-refractivity contribution in [2.24, 2.45) is 0 Å². The summed E-state index contributed by atoms with van der Waals surface area (Å²) >= 11 is 0. The lowest BCUT2D eigenvalue weighted by Gasteiger charge is -2.37. The number of carbonyl (C=O) groups is 1. The van der Waals surface area contributed by atoms with Crippen molar-refractivity contribution in [1.82, 2.24) is 9.80 Å². The smallest absolute Gasteiger partial charge is 0.236 e. The molecule has 0 bridgehead atoms. The molecule has 28 heavy (non-hydrogen) atoms. The van der Waals surface area contributed by atoms with Crippen molar-refractivity contribution < 1.29 is 14.3 Å². The van der Waals surface area contributed by atoms with E-state index in [1.807, 2.05) is 28.0 Å². The fourth-order valence-electron chi connectivity index (χ4n) is 3.61. The molecule has 0 saturated carbocycles. The molecular weight excluding hydrogens is 357 g/mol. The lowest BCUT2D eigenvalue weighted by molar-refractivity contribution is -0.132. The summed E-state index contributed by atoms with van der Waals surface area (Å²) in [5.74, 6) is 0.116. The number of piperazine rings is 1. The Morgan fingerprint density at radius 3 is 2.43 bits per heavy atom. The first-order valence-corrected chi connectivity index (χ1v) is 9.85. The third-order valence-corrected chi connectivity index (χ3v) is 5.11. The third-order valence-electron chi connectivity index (χ3n) is 5.11. The van der Waals surface area contributed by atoms with Crippen molar-refractivity contribution in [3.8, 4) is 5.75 Å². The standard InChI is InChI=1S/C22H28FN3O2/c1-2-11-24(16-18-7-3-6-10-21(18)27)17-22(28)26-14-12-25(13-15-26)20-9-5-4-8-19(20)23/h3-10,27H,2,11-17H2,1H3. The molecule has 0 spiro atoms. The second-order valence-electron chi connectivity index (χ2n) is 7.16. The van der Waals surface area contributed by atoms with Gasteiger partial charge in [-0.25, -0.2) is 4.39 Å². The zero-order chi connectivity index (χ0) is 19.9. The number of phenols is 1. The number of aromatic hydroxyl groups is 1. The maximum Gasteiger partial charge on any atom is 0.236 e. The summed E-state index contributed by atoms with van der Waals surface area (Å²) in [6.45, 7) is 6.15. The first kappa shape index (κ1) is 20.1. The Morgan fingerprint density at radius 2 is 1.75 bits per heavy atom. The number of halogens is 1. The number of anilines is 1. The highest BCUT2D eigenvalue weighted by Gasteiger charge is 2.24.